The van der Waals surface area contributed by atoms with Crippen molar-refractivity contribution >= 4 is 17.3 Å². The molecule has 0 aliphatic carbocycles. The highest BCUT2D eigenvalue weighted by molar-refractivity contribution is 6.33. The Morgan fingerprint density at radius 3 is 2.47 bits per heavy atom. The Bertz CT molecular complexity index is 505. The Balaban J connectivity index is 2.36. The minimum Gasteiger partial charge on any atom is -0.372 e. The van der Waals surface area contributed by atoms with Gasteiger partial charge in [-0.3, -0.25) is 4.79 Å². The van der Waals surface area contributed by atoms with Gasteiger partial charge in [-0.05, 0) is 27.7 Å². The molecule has 0 saturated carbocycles. The van der Waals surface area contributed by atoms with E-state index >= 15 is 0 Å². The fourth-order valence-electron chi connectivity index (χ4n) is 2.40. The van der Waals surface area contributed by atoms with E-state index < -0.39 is 0 Å². The summed E-state index contributed by atoms with van der Waals surface area (Å²) in [5.41, 5.74) is 0.464. The standard InChI is InChI=1S/C13H20ClN3O2/c1-8(2)17-13(18)12(14)11(5-15-17)16-6-9(3)19-10(4)7-16/h5,8-10H,6-7H2,1-4H3/t9-,10+. The molecule has 2 heterocycles. The first-order valence-corrected chi connectivity index (χ1v) is 6.95. The van der Waals surface area contributed by atoms with Crippen molar-refractivity contribution in [2.24, 2.45) is 0 Å². The maximum atomic E-state index is 12.1. The zero-order chi connectivity index (χ0) is 14.2. The van der Waals surface area contributed by atoms with E-state index in [1.807, 2.05) is 27.7 Å². The highest BCUT2D eigenvalue weighted by Gasteiger charge is 2.25. The van der Waals surface area contributed by atoms with Gasteiger partial charge in [0.2, 0.25) is 0 Å². The van der Waals surface area contributed by atoms with Crippen molar-refractivity contribution in [1.82, 2.24) is 9.78 Å². The van der Waals surface area contributed by atoms with Crippen LogP contribution in [0.15, 0.2) is 11.0 Å². The molecule has 1 saturated heterocycles. The lowest BCUT2D eigenvalue weighted by molar-refractivity contribution is -0.00525. The molecule has 2 atom stereocenters. The molecule has 0 unspecified atom stereocenters. The van der Waals surface area contributed by atoms with Crippen molar-refractivity contribution in [3.63, 3.8) is 0 Å². The molecule has 0 bridgehead atoms. The SMILES string of the molecule is CC(C)n1ncc(N2C[C@@H](C)O[C@@H](C)C2)c(Cl)c1=O. The number of aromatic nitrogens is 2. The molecule has 6 heteroatoms. The zero-order valence-electron chi connectivity index (χ0n) is 11.8. The average Bonchev–Trinajstić information content (AvgIpc) is 2.30. The summed E-state index contributed by atoms with van der Waals surface area (Å²) in [7, 11) is 0. The Morgan fingerprint density at radius 2 is 1.95 bits per heavy atom. The van der Waals surface area contributed by atoms with Gasteiger partial charge in [-0.25, -0.2) is 4.68 Å². The first kappa shape index (κ1) is 14.3. The molecule has 0 spiro atoms. The molecule has 0 aromatic carbocycles. The van der Waals surface area contributed by atoms with E-state index in [1.54, 1.807) is 6.20 Å². The van der Waals surface area contributed by atoms with E-state index in [2.05, 4.69) is 10.00 Å². The average molecular weight is 286 g/mol. The molecule has 19 heavy (non-hydrogen) atoms. The van der Waals surface area contributed by atoms with Gasteiger partial charge < -0.3 is 9.64 Å². The van der Waals surface area contributed by atoms with Crippen LogP contribution in [0, 0.1) is 0 Å². The van der Waals surface area contributed by atoms with E-state index in [1.165, 1.54) is 4.68 Å². The van der Waals surface area contributed by atoms with Gasteiger partial charge in [0, 0.05) is 13.1 Å². The van der Waals surface area contributed by atoms with Crippen LogP contribution < -0.4 is 10.5 Å². The fourth-order valence-corrected chi connectivity index (χ4v) is 2.65. The topological polar surface area (TPSA) is 47.4 Å². The van der Waals surface area contributed by atoms with Gasteiger partial charge in [-0.2, -0.15) is 5.10 Å². The summed E-state index contributed by atoms with van der Waals surface area (Å²) in [6.07, 6.45) is 1.91. The summed E-state index contributed by atoms with van der Waals surface area (Å²) < 4.78 is 7.08. The number of hydrogen-bond acceptors (Lipinski definition) is 4. The molecular formula is C13H20ClN3O2. The lowest BCUT2D eigenvalue weighted by atomic mass is 10.2. The van der Waals surface area contributed by atoms with Crippen molar-refractivity contribution in [1.29, 1.82) is 0 Å². The predicted molar refractivity (Wildman–Crippen MR) is 76.1 cm³/mol. The number of halogens is 1. The summed E-state index contributed by atoms with van der Waals surface area (Å²) in [5.74, 6) is 0. The van der Waals surface area contributed by atoms with Gasteiger partial charge in [0.25, 0.3) is 5.56 Å². The number of morpholine rings is 1. The maximum absolute atomic E-state index is 12.1. The quantitative estimate of drug-likeness (QED) is 0.835. The van der Waals surface area contributed by atoms with Gasteiger partial charge in [0.1, 0.15) is 5.02 Å². The van der Waals surface area contributed by atoms with Gasteiger partial charge >= 0.3 is 0 Å². The molecule has 0 radical (unpaired) electrons. The van der Waals surface area contributed by atoms with Crippen molar-refractivity contribution in [2.45, 2.75) is 45.9 Å². The van der Waals surface area contributed by atoms with Crippen LogP contribution in [-0.4, -0.2) is 35.1 Å². The summed E-state index contributed by atoms with van der Waals surface area (Å²) >= 11 is 6.22. The van der Waals surface area contributed by atoms with E-state index in [4.69, 9.17) is 16.3 Å². The Kier molecular flexibility index (Phi) is 4.16. The van der Waals surface area contributed by atoms with Crippen LogP contribution in [0.4, 0.5) is 5.69 Å². The molecule has 1 aromatic rings. The van der Waals surface area contributed by atoms with Crippen LogP contribution in [-0.2, 0) is 4.74 Å². The lowest BCUT2D eigenvalue weighted by Crippen LogP contribution is -2.46. The number of rotatable bonds is 2. The molecule has 2 rings (SSSR count). The normalized spacial score (nSPS) is 24.0. The Morgan fingerprint density at radius 1 is 1.37 bits per heavy atom. The smallest absolute Gasteiger partial charge is 0.287 e. The second-order valence-corrected chi connectivity index (χ2v) is 5.73. The second kappa shape index (κ2) is 5.51. The molecule has 0 amide bonds. The number of ether oxygens (including phenoxy) is 1. The molecule has 0 N–H and O–H groups in total. The third-order valence-corrected chi connectivity index (χ3v) is 3.53. The van der Waals surface area contributed by atoms with Crippen LogP contribution in [0.1, 0.15) is 33.7 Å². The number of hydrogen-bond donors (Lipinski definition) is 0. The minimum atomic E-state index is -0.235. The summed E-state index contributed by atoms with van der Waals surface area (Å²) in [4.78, 5) is 14.2. The van der Waals surface area contributed by atoms with Crippen molar-refractivity contribution in [3.05, 3.63) is 21.6 Å². The van der Waals surface area contributed by atoms with Gasteiger partial charge in [0.05, 0.1) is 30.1 Å². The lowest BCUT2D eigenvalue weighted by Gasteiger charge is -2.36. The minimum absolute atomic E-state index is 0.00147. The highest BCUT2D eigenvalue weighted by atomic mass is 35.5. The van der Waals surface area contributed by atoms with E-state index in [0.717, 1.165) is 13.1 Å². The molecule has 1 aromatic heterocycles. The van der Waals surface area contributed by atoms with Gasteiger partial charge in [0.15, 0.2) is 0 Å². The van der Waals surface area contributed by atoms with Crippen LogP contribution >= 0.6 is 11.6 Å². The molecule has 1 aliphatic heterocycles. The van der Waals surface area contributed by atoms with Crippen LogP contribution in [0.5, 0.6) is 0 Å². The van der Waals surface area contributed by atoms with Gasteiger partial charge in [-0.15, -0.1) is 0 Å². The first-order valence-electron chi connectivity index (χ1n) is 6.58. The highest BCUT2D eigenvalue weighted by Crippen LogP contribution is 2.25. The van der Waals surface area contributed by atoms with Gasteiger partial charge in [-0.1, -0.05) is 11.6 Å². The summed E-state index contributed by atoms with van der Waals surface area (Å²) in [6, 6.07) is 0.00147. The number of anilines is 1. The first-order chi connectivity index (χ1) is 8.90. The molecular weight excluding hydrogens is 266 g/mol. The van der Waals surface area contributed by atoms with Crippen LogP contribution in [0.25, 0.3) is 0 Å². The maximum Gasteiger partial charge on any atom is 0.287 e. The zero-order valence-corrected chi connectivity index (χ0v) is 12.5. The Labute approximate surface area is 118 Å². The summed E-state index contributed by atoms with van der Waals surface area (Å²) in [6.45, 7) is 9.28. The molecule has 1 aliphatic rings. The fraction of sp³-hybridized carbons (Fsp3) is 0.692. The summed E-state index contributed by atoms with van der Waals surface area (Å²) in [5, 5.41) is 4.44. The molecule has 5 nitrogen and oxygen atoms in total. The van der Waals surface area contributed by atoms with Crippen LogP contribution in [0.2, 0.25) is 5.02 Å². The monoisotopic (exact) mass is 285 g/mol. The molecule has 1 fully saturated rings. The van der Waals surface area contributed by atoms with E-state index in [-0.39, 0.29) is 28.8 Å². The number of nitrogens with zero attached hydrogens (tertiary/aromatic N) is 3. The van der Waals surface area contributed by atoms with Crippen molar-refractivity contribution in [3.8, 4) is 0 Å². The van der Waals surface area contributed by atoms with Crippen molar-refractivity contribution < 1.29 is 4.74 Å². The predicted octanol–water partition coefficient (Wildman–Crippen LogP) is 2.09. The molecule has 106 valence electrons. The van der Waals surface area contributed by atoms with E-state index in [0.29, 0.717) is 5.69 Å². The Hall–Kier alpha value is -1.07. The van der Waals surface area contributed by atoms with Crippen LogP contribution in [0.3, 0.4) is 0 Å². The van der Waals surface area contributed by atoms with E-state index in [9.17, 15) is 4.79 Å². The largest absolute Gasteiger partial charge is 0.372 e. The third-order valence-electron chi connectivity index (χ3n) is 3.17. The second-order valence-electron chi connectivity index (χ2n) is 5.35. The van der Waals surface area contributed by atoms with Crippen molar-refractivity contribution in [2.75, 3.05) is 18.0 Å². The third kappa shape index (κ3) is 2.92.